The second-order valence-corrected chi connectivity index (χ2v) is 5.82. The van der Waals surface area contributed by atoms with Crippen molar-refractivity contribution in [1.82, 2.24) is 9.80 Å². The van der Waals surface area contributed by atoms with Crippen LogP contribution in [-0.2, 0) is 4.79 Å². The van der Waals surface area contributed by atoms with Gasteiger partial charge in [0.25, 0.3) is 0 Å². The highest BCUT2D eigenvalue weighted by atomic mass is 16.5. The first kappa shape index (κ1) is 17.6. The molecule has 2 rings (SSSR count). The van der Waals surface area contributed by atoms with Gasteiger partial charge in [-0.05, 0) is 31.7 Å². The van der Waals surface area contributed by atoms with Gasteiger partial charge in [-0.25, -0.2) is 0 Å². The molecule has 1 saturated heterocycles. The van der Waals surface area contributed by atoms with Crippen LogP contribution in [0.4, 0.5) is 0 Å². The van der Waals surface area contributed by atoms with Gasteiger partial charge in [-0.3, -0.25) is 14.6 Å². The minimum atomic E-state index is -0.867. The Morgan fingerprint density at radius 2 is 2.09 bits per heavy atom. The summed E-state index contributed by atoms with van der Waals surface area (Å²) in [6.07, 6.45) is 0. The summed E-state index contributed by atoms with van der Waals surface area (Å²) in [6, 6.07) is 4.89. The molecule has 1 N–H and O–H groups in total. The van der Waals surface area contributed by atoms with E-state index in [-0.39, 0.29) is 0 Å². The lowest BCUT2D eigenvalue weighted by Crippen LogP contribution is -2.53. The lowest BCUT2D eigenvalue weighted by molar-refractivity contribution is -0.145. The van der Waals surface area contributed by atoms with E-state index in [2.05, 4.69) is 18.7 Å². The molecule has 0 saturated carbocycles. The van der Waals surface area contributed by atoms with E-state index in [9.17, 15) is 9.90 Å². The van der Waals surface area contributed by atoms with Crippen LogP contribution in [0.5, 0.6) is 11.5 Å². The Balaban J connectivity index is 2.34. The molecule has 0 amide bonds. The van der Waals surface area contributed by atoms with Gasteiger partial charge in [-0.15, -0.1) is 0 Å². The van der Waals surface area contributed by atoms with Crippen molar-refractivity contribution in [3.8, 4) is 11.5 Å². The van der Waals surface area contributed by atoms with Crippen molar-refractivity contribution in [2.24, 2.45) is 0 Å². The van der Waals surface area contributed by atoms with E-state index < -0.39 is 12.0 Å². The zero-order valence-electron chi connectivity index (χ0n) is 14.3. The zero-order valence-corrected chi connectivity index (χ0v) is 14.3. The van der Waals surface area contributed by atoms with Gasteiger partial charge >= 0.3 is 5.97 Å². The van der Waals surface area contributed by atoms with Gasteiger partial charge in [0, 0.05) is 31.2 Å². The number of ether oxygens (including phenoxy) is 2. The van der Waals surface area contributed by atoms with E-state index in [1.54, 1.807) is 32.4 Å². The molecule has 6 heteroatoms. The molecule has 128 valence electrons. The van der Waals surface area contributed by atoms with Crippen molar-refractivity contribution in [2.45, 2.75) is 25.9 Å². The number of aliphatic carboxylic acids is 1. The highest BCUT2D eigenvalue weighted by Crippen LogP contribution is 2.34. The van der Waals surface area contributed by atoms with Gasteiger partial charge in [0.15, 0.2) is 0 Å². The summed E-state index contributed by atoms with van der Waals surface area (Å²) in [7, 11) is 3.13. The molecular weight excluding hydrogens is 296 g/mol. The van der Waals surface area contributed by atoms with Crippen molar-refractivity contribution < 1.29 is 19.4 Å². The Morgan fingerprint density at radius 3 is 2.61 bits per heavy atom. The predicted octanol–water partition coefficient (Wildman–Crippen LogP) is 1.86. The second kappa shape index (κ2) is 7.66. The van der Waals surface area contributed by atoms with Crippen LogP contribution in [0.2, 0.25) is 0 Å². The Kier molecular flexibility index (Phi) is 5.85. The molecular formula is C17H26N2O4. The Hall–Kier alpha value is -1.79. The molecule has 1 heterocycles. The Bertz CT molecular complexity index is 549. The Morgan fingerprint density at radius 1 is 1.35 bits per heavy atom. The van der Waals surface area contributed by atoms with Gasteiger partial charge in [0.2, 0.25) is 0 Å². The summed E-state index contributed by atoms with van der Waals surface area (Å²) < 4.78 is 10.6. The molecule has 6 nitrogen and oxygen atoms in total. The van der Waals surface area contributed by atoms with Gasteiger partial charge < -0.3 is 14.6 Å². The van der Waals surface area contributed by atoms with Crippen LogP contribution in [-0.4, -0.2) is 67.3 Å². The number of carboxylic acid groups (broad SMARTS) is 1. The normalized spacial score (nSPS) is 21.0. The molecule has 1 aliphatic rings. The van der Waals surface area contributed by atoms with Crippen LogP contribution in [0.1, 0.15) is 25.5 Å². The molecule has 2 atom stereocenters. The van der Waals surface area contributed by atoms with Crippen LogP contribution in [0, 0.1) is 0 Å². The maximum Gasteiger partial charge on any atom is 0.325 e. The van der Waals surface area contributed by atoms with Gasteiger partial charge in [-0.1, -0.05) is 6.92 Å². The minimum Gasteiger partial charge on any atom is -0.497 e. The Labute approximate surface area is 137 Å². The third kappa shape index (κ3) is 3.76. The molecule has 1 aromatic carbocycles. The number of hydrogen-bond donors (Lipinski definition) is 1. The number of hydrogen-bond acceptors (Lipinski definition) is 5. The number of benzene rings is 1. The van der Waals surface area contributed by atoms with Crippen molar-refractivity contribution in [3.05, 3.63) is 23.8 Å². The quantitative estimate of drug-likeness (QED) is 0.862. The molecule has 23 heavy (non-hydrogen) atoms. The average Bonchev–Trinajstić information content (AvgIpc) is 2.54. The van der Waals surface area contributed by atoms with Crippen LogP contribution in [0.25, 0.3) is 0 Å². The fourth-order valence-corrected chi connectivity index (χ4v) is 3.27. The summed E-state index contributed by atoms with van der Waals surface area (Å²) in [6.45, 7) is 7.55. The number of carbonyl (C=O) groups is 1. The fourth-order valence-electron chi connectivity index (χ4n) is 3.27. The van der Waals surface area contributed by atoms with E-state index in [0.717, 1.165) is 19.6 Å². The number of methoxy groups -OCH3 is 2. The highest BCUT2D eigenvalue weighted by Gasteiger charge is 2.34. The van der Waals surface area contributed by atoms with Crippen LogP contribution in [0.3, 0.4) is 0 Å². The van der Waals surface area contributed by atoms with Gasteiger partial charge in [-0.2, -0.15) is 0 Å². The highest BCUT2D eigenvalue weighted by molar-refractivity contribution is 5.77. The summed E-state index contributed by atoms with van der Waals surface area (Å²) in [4.78, 5) is 16.3. The molecule has 0 radical (unpaired) electrons. The maximum absolute atomic E-state index is 12.0. The zero-order chi connectivity index (χ0) is 17.0. The SMILES string of the molecule is CCN1CCN(C(C(=O)O)c2cc(OC)ccc2OC)CC1C. The predicted molar refractivity (Wildman–Crippen MR) is 88.2 cm³/mol. The van der Waals surface area contributed by atoms with Crippen molar-refractivity contribution in [2.75, 3.05) is 40.4 Å². The lowest BCUT2D eigenvalue weighted by atomic mass is 10.0. The van der Waals surface area contributed by atoms with Crippen molar-refractivity contribution >= 4 is 5.97 Å². The molecule has 1 aromatic rings. The lowest BCUT2D eigenvalue weighted by Gasteiger charge is -2.42. The van der Waals surface area contributed by atoms with E-state index in [1.807, 2.05) is 4.90 Å². The fraction of sp³-hybridized carbons (Fsp3) is 0.588. The molecule has 0 aliphatic carbocycles. The first-order chi connectivity index (χ1) is 11.0. The average molecular weight is 322 g/mol. The molecule has 0 bridgehead atoms. The largest absolute Gasteiger partial charge is 0.497 e. The molecule has 0 aromatic heterocycles. The number of piperazine rings is 1. The second-order valence-electron chi connectivity index (χ2n) is 5.82. The van der Waals surface area contributed by atoms with E-state index >= 15 is 0 Å². The monoisotopic (exact) mass is 322 g/mol. The third-order valence-corrected chi connectivity index (χ3v) is 4.53. The number of nitrogens with zero attached hydrogens (tertiary/aromatic N) is 2. The first-order valence-electron chi connectivity index (χ1n) is 7.94. The van der Waals surface area contributed by atoms with Crippen LogP contribution < -0.4 is 9.47 Å². The van der Waals surface area contributed by atoms with Crippen LogP contribution in [0.15, 0.2) is 18.2 Å². The van der Waals surface area contributed by atoms with Crippen molar-refractivity contribution in [3.63, 3.8) is 0 Å². The molecule has 2 unspecified atom stereocenters. The molecule has 0 spiro atoms. The van der Waals surface area contributed by atoms with Crippen LogP contribution >= 0.6 is 0 Å². The van der Waals surface area contributed by atoms with E-state index in [4.69, 9.17) is 9.47 Å². The number of carboxylic acids is 1. The van der Waals surface area contributed by atoms with Crippen molar-refractivity contribution in [1.29, 1.82) is 0 Å². The standard InChI is InChI=1S/C17H26N2O4/c1-5-18-8-9-19(11-12(18)2)16(17(20)21)14-10-13(22-3)6-7-15(14)23-4/h6-7,10,12,16H,5,8-9,11H2,1-4H3,(H,20,21). The maximum atomic E-state index is 12.0. The number of likely N-dealkylation sites (N-methyl/N-ethyl adjacent to an activating group) is 1. The van der Waals surface area contributed by atoms with E-state index in [1.165, 1.54) is 0 Å². The summed E-state index contributed by atoms with van der Waals surface area (Å²) in [5.41, 5.74) is 0.636. The first-order valence-corrected chi connectivity index (χ1v) is 7.94. The van der Waals surface area contributed by atoms with Gasteiger partial charge in [0.05, 0.1) is 14.2 Å². The molecule has 1 aliphatic heterocycles. The summed E-state index contributed by atoms with van der Waals surface area (Å²) >= 11 is 0. The molecule has 1 fully saturated rings. The van der Waals surface area contributed by atoms with E-state index in [0.29, 0.717) is 29.6 Å². The smallest absolute Gasteiger partial charge is 0.325 e. The number of rotatable bonds is 6. The summed E-state index contributed by atoms with van der Waals surface area (Å²) in [5, 5.41) is 9.82. The topological polar surface area (TPSA) is 62.2 Å². The summed E-state index contributed by atoms with van der Waals surface area (Å²) in [5.74, 6) is 0.338. The van der Waals surface area contributed by atoms with Gasteiger partial charge in [0.1, 0.15) is 17.5 Å². The minimum absolute atomic E-state index is 0.326. The third-order valence-electron chi connectivity index (χ3n) is 4.53.